The molecule has 1 heterocycles. The first-order valence-corrected chi connectivity index (χ1v) is 6.49. The molecule has 1 aromatic rings. The number of rotatable bonds is 2. The molecule has 0 atom stereocenters. The summed E-state index contributed by atoms with van der Waals surface area (Å²) in [7, 11) is 0. The molecule has 0 bridgehead atoms. The molecule has 1 N–H and O–H groups in total. The molecule has 1 saturated heterocycles. The molecule has 0 spiro atoms. The van der Waals surface area contributed by atoms with Gasteiger partial charge in [0.1, 0.15) is 5.82 Å². The lowest BCUT2D eigenvalue weighted by Gasteiger charge is -2.23. The van der Waals surface area contributed by atoms with E-state index < -0.39 is 0 Å². The van der Waals surface area contributed by atoms with Crippen molar-refractivity contribution in [3.05, 3.63) is 24.0 Å². The van der Waals surface area contributed by atoms with Crippen LogP contribution in [0.25, 0.3) is 0 Å². The third-order valence-corrected chi connectivity index (χ3v) is 3.21. The summed E-state index contributed by atoms with van der Waals surface area (Å²) in [6, 6.07) is 4.90. The monoisotopic (exact) mass is 250 g/mol. The third-order valence-electron chi connectivity index (χ3n) is 3.21. The minimum absolute atomic E-state index is 0.183. The average Bonchev–Trinajstić information content (AvgIpc) is 2.57. The van der Waals surface area contributed by atoms with Gasteiger partial charge in [0.25, 0.3) is 0 Å². The molecular formula is C14H19FN2O. The summed E-state index contributed by atoms with van der Waals surface area (Å²) < 4.78 is 14.0. The first-order chi connectivity index (χ1) is 8.66. The summed E-state index contributed by atoms with van der Waals surface area (Å²) in [6.45, 7) is 3.24. The van der Waals surface area contributed by atoms with Crippen LogP contribution in [0.1, 0.15) is 32.6 Å². The molecule has 1 amide bonds. The van der Waals surface area contributed by atoms with Crippen LogP contribution in [0.2, 0.25) is 0 Å². The molecule has 0 unspecified atom stereocenters. The van der Waals surface area contributed by atoms with Gasteiger partial charge >= 0.3 is 0 Å². The standard InChI is InChI=1S/C14H19FN2O/c1-11(18)16-12-6-7-14(13(15)10-12)17-8-4-2-3-5-9-17/h6-7,10H,2-5,8-9H2,1H3,(H,16,18). The number of carbonyl (C=O) groups excluding carboxylic acids is 1. The van der Waals surface area contributed by atoms with Crippen LogP contribution < -0.4 is 10.2 Å². The van der Waals surface area contributed by atoms with E-state index in [4.69, 9.17) is 0 Å². The van der Waals surface area contributed by atoms with E-state index in [9.17, 15) is 9.18 Å². The van der Waals surface area contributed by atoms with Gasteiger partial charge in [0.15, 0.2) is 0 Å². The van der Waals surface area contributed by atoms with Crippen LogP contribution in [0.4, 0.5) is 15.8 Å². The topological polar surface area (TPSA) is 32.3 Å². The van der Waals surface area contributed by atoms with Crippen molar-refractivity contribution < 1.29 is 9.18 Å². The highest BCUT2D eigenvalue weighted by atomic mass is 19.1. The lowest BCUT2D eigenvalue weighted by atomic mass is 10.2. The second-order valence-electron chi connectivity index (χ2n) is 4.75. The Balaban J connectivity index is 2.15. The zero-order chi connectivity index (χ0) is 13.0. The fourth-order valence-electron chi connectivity index (χ4n) is 2.36. The van der Waals surface area contributed by atoms with Crippen LogP contribution in [0.3, 0.4) is 0 Å². The van der Waals surface area contributed by atoms with Crippen LogP contribution >= 0.6 is 0 Å². The predicted octanol–water partition coefficient (Wildman–Crippen LogP) is 3.16. The predicted molar refractivity (Wildman–Crippen MR) is 71.4 cm³/mol. The molecule has 3 nitrogen and oxygen atoms in total. The number of carbonyl (C=O) groups is 1. The molecule has 1 fully saturated rings. The Labute approximate surface area is 107 Å². The van der Waals surface area contributed by atoms with Crippen molar-refractivity contribution in [3.63, 3.8) is 0 Å². The van der Waals surface area contributed by atoms with E-state index in [1.807, 2.05) is 0 Å². The number of nitrogens with one attached hydrogen (secondary N) is 1. The Bertz CT molecular complexity index is 426. The highest BCUT2D eigenvalue weighted by Gasteiger charge is 2.14. The normalized spacial score (nSPS) is 16.2. The number of nitrogens with zero attached hydrogens (tertiary/aromatic N) is 1. The van der Waals surface area contributed by atoms with Gasteiger partial charge in [-0.1, -0.05) is 12.8 Å². The van der Waals surface area contributed by atoms with Crippen molar-refractivity contribution in [2.45, 2.75) is 32.6 Å². The van der Waals surface area contributed by atoms with Crippen molar-refractivity contribution >= 4 is 17.3 Å². The van der Waals surface area contributed by atoms with Crippen molar-refractivity contribution in [3.8, 4) is 0 Å². The maximum absolute atomic E-state index is 14.0. The third kappa shape index (κ3) is 3.22. The molecule has 0 radical (unpaired) electrons. The van der Waals surface area contributed by atoms with E-state index in [2.05, 4.69) is 10.2 Å². The van der Waals surface area contributed by atoms with Crippen molar-refractivity contribution in [1.29, 1.82) is 0 Å². The van der Waals surface area contributed by atoms with Gasteiger partial charge in [0.2, 0.25) is 5.91 Å². The molecule has 1 aliphatic rings. The van der Waals surface area contributed by atoms with Gasteiger partial charge in [-0.15, -0.1) is 0 Å². The summed E-state index contributed by atoms with van der Waals surface area (Å²) in [5.74, 6) is -0.444. The van der Waals surface area contributed by atoms with Crippen LogP contribution in [-0.2, 0) is 4.79 Å². The van der Waals surface area contributed by atoms with Gasteiger partial charge in [0.05, 0.1) is 5.69 Å². The lowest BCUT2D eigenvalue weighted by molar-refractivity contribution is -0.114. The van der Waals surface area contributed by atoms with Crippen LogP contribution in [0, 0.1) is 5.82 Å². The Morgan fingerprint density at radius 3 is 2.44 bits per heavy atom. The van der Waals surface area contributed by atoms with Gasteiger partial charge in [-0.05, 0) is 31.0 Å². The molecule has 4 heteroatoms. The Kier molecular flexibility index (Phi) is 4.18. The van der Waals surface area contributed by atoms with E-state index in [-0.39, 0.29) is 11.7 Å². The van der Waals surface area contributed by atoms with Crippen LogP contribution in [-0.4, -0.2) is 19.0 Å². The first kappa shape index (κ1) is 12.9. The van der Waals surface area contributed by atoms with E-state index in [0.717, 1.165) is 25.9 Å². The number of halogens is 1. The Morgan fingerprint density at radius 2 is 1.89 bits per heavy atom. The van der Waals surface area contributed by atoms with E-state index in [1.54, 1.807) is 12.1 Å². The molecule has 0 aliphatic carbocycles. The van der Waals surface area contributed by atoms with Gasteiger partial charge in [-0.2, -0.15) is 0 Å². The summed E-state index contributed by atoms with van der Waals surface area (Å²) in [5.41, 5.74) is 1.16. The van der Waals surface area contributed by atoms with Crippen LogP contribution in [0.5, 0.6) is 0 Å². The van der Waals surface area contributed by atoms with Gasteiger partial charge in [-0.3, -0.25) is 4.79 Å². The van der Waals surface area contributed by atoms with Crippen LogP contribution in [0.15, 0.2) is 18.2 Å². The number of benzene rings is 1. The van der Waals surface area contributed by atoms with E-state index in [1.165, 1.54) is 25.8 Å². The lowest BCUT2D eigenvalue weighted by Crippen LogP contribution is -2.24. The number of hydrogen-bond donors (Lipinski definition) is 1. The average molecular weight is 250 g/mol. The highest BCUT2D eigenvalue weighted by Crippen LogP contribution is 2.25. The second-order valence-corrected chi connectivity index (χ2v) is 4.75. The maximum atomic E-state index is 14.0. The second kappa shape index (κ2) is 5.85. The Morgan fingerprint density at radius 1 is 1.22 bits per heavy atom. The minimum Gasteiger partial charge on any atom is -0.369 e. The fourth-order valence-corrected chi connectivity index (χ4v) is 2.36. The van der Waals surface area contributed by atoms with Gasteiger partial charge < -0.3 is 10.2 Å². The zero-order valence-corrected chi connectivity index (χ0v) is 10.7. The molecular weight excluding hydrogens is 231 g/mol. The van der Waals surface area contributed by atoms with E-state index >= 15 is 0 Å². The molecule has 1 aromatic carbocycles. The molecule has 98 valence electrons. The Hall–Kier alpha value is -1.58. The number of anilines is 2. The first-order valence-electron chi connectivity index (χ1n) is 6.49. The SMILES string of the molecule is CC(=O)Nc1ccc(N2CCCCCC2)c(F)c1. The number of hydrogen-bond acceptors (Lipinski definition) is 2. The van der Waals surface area contributed by atoms with Gasteiger partial charge in [-0.25, -0.2) is 4.39 Å². The molecule has 18 heavy (non-hydrogen) atoms. The summed E-state index contributed by atoms with van der Waals surface area (Å²) in [6.07, 6.45) is 4.68. The largest absolute Gasteiger partial charge is 0.369 e. The number of amides is 1. The summed E-state index contributed by atoms with van der Waals surface area (Å²) >= 11 is 0. The quantitative estimate of drug-likeness (QED) is 0.874. The molecule has 0 aromatic heterocycles. The smallest absolute Gasteiger partial charge is 0.221 e. The zero-order valence-electron chi connectivity index (χ0n) is 10.7. The highest BCUT2D eigenvalue weighted by molar-refractivity contribution is 5.88. The molecule has 1 aliphatic heterocycles. The van der Waals surface area contributed by atoms with Gasteiger partial charge in [0, 0.05) is 25.7 Å². The minimum atomic E-state index is -0.261. The molecule has 0 saturated carbocycles. The van der Waals surface area contributed by atoms with Crippen molar-refractivity contribution in [2.75, 3.05) is 23.3 Å². The van der Waals surface area contributed by atoms with E-state index in [0.29, 0.717) is 11.4 Å². The van der Waals surface area contributed by atoms with Crippen molar-refractivity contribution in [1.82, 2.24) is 0 Å². The summed E-state index contributed by atoms with van der Waals surface area (Å²) in [4.78, 5) is 13.0. The fraction of sp³-hybridized carbons (Fsp3) is 0.500. The van der Waals surface area contributed by atoms with Crippen molar-refractivity contribution in [2.24, 2.45) is 0 Å². The maximum Gasteiger partial charge on any atom is 0.221 e. The summed E-state index contributed by atoms with van der Waals surface area (Å²) in [5, 5.41) is 2.59. The molecule has 2 rings (SSSR count).